The SMILES string of the molecule is C[C@H](Oc1cccc(Cl)c1)C(=O)N/N=C/c1ccccc1O. The van der Waals surface area contributed by atoms with Gasteiger partial charge >= 0.3 is 0 Å². The fraction of sp³-hybridized carbons (Fsp3) is 0.125. The summed E-state index contributed by atoms with van der Waals surface area (Å²) < 4.78 is 5.46. The molecule has 0 aliphatic heterocycles. The predicted octanol–water partition coefficient (Wildman–Crippen LogP) is 2.96. The van der Waals surface area contributed by atoms with Crippen LogP contribution in [0.25, 0.3) is 0 Å². The minimum atomic E-state index is -0.736. The van der Waals surface area contributed by atoms with Gasteiger partial charge in [-0.15, -0.1) is 0 Å². The Morgan fingerprint density at radius 1 is 1.32 bits per heavy atom. The number of rotatable bonds is 5. The van der Waals surface area contributed by atoms with Crippen molar-refractivity contribution >= 4 is 23.7 Å². The van der Waals surface area contributed by atoms with Crippen LogP contribution in [-0.4, -0.2) is 23.3 Å². The molecule has 0 fully saturated rings. The molecule has 0 bridgehead atoms. The van der Waals surface area contributed by atoms with Gasteiger partial charge in [-0.25, -0.2) is 5.43 Å². The van der Waals surface area contributed by atoms with Crippen LogP contribution in [0.15, 0.2) is 53.6 Å². The molecule has 2 rings (SSSR count). The van der Waals surface area contributed by atoms with Gasteiger partial charge in [0, 0.05) is 10.6 Å². The lowest BCUT2D eigenvalue weighted by Crippen LogP contribution is -2.33. The maximum atomic E-state index is 11.9. The van der Waals surface area contributed by atoms with Crippen molar-refractivity contribution in [1.29, 1.82) is 0 Å². The van der Waals surface area contributed by atoms with Crippen molar-refractivity contribution in [2.45, 2.75) is 13.0 Å². The number of hydrazone groups is 1. The Balaban J connectivity index is 1.90. The topological polar surface area (TPSA) is 70.9 Å². The van der Waals surface area contributed by atoms with Gasteiger partial charge in [0.15, 0.2) is 6.10 Å². The fourth-order valence-electron chi connectivity index (χ4n) is 1.65. The molecule has 0 aliphatic carbocycles. The van der Waals surface area contributed by atoms with Crippen LogP contribution in [0, 0.1) is 0 Å². The summed E-state index contributed by atoms with van der Waals surface area (Å²) >= 11 is 5.85. The van der Waals surface area contributed by atoms with Crippen LogP contribution in [0.5, 0.6) is 11.5 Å². The quantitative estimate of drug-likeness (QED) is 0.657. The van der Waals surface area contributed by atoms with Crippen LogP contribution in [0.4, 0.5) is 0 Å². The van der Waals surface area contributed by atoms with Crippen molar-refractivity contribution in [3.8, 4) is 11.5 Å². The molecule has 0 unspecified atom stereocenters. The number of phenols is 1. The van der Waals surface area contributed by atoms with Gasteiger partial charge in [0.2, 0.25) is 0 Å². The standard InChI is InChI=1S/C16H15ClN2O3/c1-11(22-14-7-4-6-13(17)9-14)16(21)19-18-10-12-5-2-3-8-15(12)20/h2-11,20H,1H3,(H,19,21)/b18-10+/t11-/m0/s1. The van der Waals surface area contributed by atoms with Crippen molar-refractivity contribution in [3.05, 3.63) is 59.1 Å². The Hall–Kier alpha value is -2.53. The molecule has 0 spiro atoms. The van der Waals surface area contributed by atoms with E-state index in [9.17, 15) is 9.90 Å². The number of hydrogen-bond acceptors (Lipinski definition) is 4. The number of phenolic OH excluding ortho intramolecular Hbond substituents is 1. The molecule has 114 valence electrons. The lowest BCUT2D eigenvalue weighted by atomic mass is 10.2. The largest absolute Gasteiger partial charge is 0.507 e. The molecule has 0 heterocycles. The number of amides is 1. The molecular formula is C16H15ClN2O3. The zero-order chi connectivity index (χ0) is 15.9. The second-order valence-electron chi connectivity index (χ2n) is 4.51. The van der Waals surface area contributed by atoms with E-state index in [1.807, 2.05) is 0 Å². The summed E-state index contributed by atoms with van der Waals surface area (Å²) in [6, 6.07) is 13.5. The lowest BCUT2D eigenvalue weighted by Gasteiger charge is -2.12. The molecule has 2 aromatic rings. The number of aromatic hydroxyl groups is 1. The molecule has 1 amide bonds. The number of carbonyl (C=O) groups is 1. The summed E-state index contributed by atoms with van der Waals surface area (Å²) in [6.45, 7) is 1.60. The number of hydrogen-bond donors (Lipinski definition) is 2. The molecule has 6 heteroatoms. The van der Waals surface area contributed by atoms with Gasteiger partial charge < -0.3 is 9.84 Å². The molecule has 1 atom stereocenters. The molecule has 0 aromatic heterocycles. The van der Waals surface area contributed by atoms with E-state index in [-0.39, 0.29) is 5.75 Å². The monoisotopic (exact) mass is 318 g/mol. The Labute approximate surface area is 133 Å². The van der Waals surface area contributed by atoms with Crippen molar-refractivity contribution < 1.29 is 14.6 Å². The van der Waals surface area contributed by atoms with E-state index in [4.69, 9.17) is 16.3 Å². The fourth-order valence-corrected chi connectivity index (χ4v) is 1.83. The maximum Gasteiger partial charge on any atom is 0.280 e. The molecule has 22 heavy (non-hydrogen) atoms. The van der Waals surface area contributed by atoms with Gasteiger partial charge in [0.1, 0.15) is 11.5 Å². The third kappa shape index (κ3) is 4.49. The second-order valence-corrected chi connectivity index (χ2v) is 4.95. The third-order valence-corrected chi connectivity index (χ3v) is 3.03. The van der Waals surface area contributed by atoms with Crippen molar-refractivity contribution in [3.63, 3.8) is 0 Å². The van der Waals surface area contributed by atoms with E-state index in [1.165, 1.54) is 12.3 Å². The first-order chi connectivity index (χ1) is 10.6. The number of para-hydroxylation sites is 1. The van der Waals surface area contributed by atoms with E-state index in [0.717, 1.165) is 0 Å². The van der Waals surface area contributed by atoms with Gasteiger partial charge in [0.05, 0.1) is 6.21 Å². The number of nitrogens with zero attached hydrogens (tertiary/aromatic N) is 1. The molecule has 0 saturated carbocycles. The number of nitrogens with one attached hydrogen (secondary N) is 1. The zero-order valence-corrected chi connectivity index (χ0v) is 12.6. The highest BCUT2D eigenvalue weighted by molar-refractivity contribution is 6.30. The summed E-state index contributed by atoms with van der Waals surface area (Å²) in [5.41, 5.74) is 2.86. The normalized spacial score (nSPS) is 12.1. The minimum absolute atomic E-state index is 0.0868. The molecular weight excluding hydrogens is 304 g/mol. The van der Waals surface area contributed by atoms with E-state index >= 15 is 0 Å². The summed E-state index contributed by atoms with van der Waals surface area (Å²) in [6.07, 6.45) is 0.624. The first-order valence-corrected chi connectivity index (χ1v) is 6.97. The molecule has 0 radical (unpaired) electrons. The highest BCUT2D eigenvalue weighted by Gasteiger charge is 2.13. The molecule has 5 nitrogen and oxygen atoms in total. The second kappa shape index (κ2) is 7.47. The first-order valence-electron chi connectivity index (χ1n) is 6.59. The van der Waals surface area contributed by atoms with Gasteiger partial charge in [-0.05, 0) is 37.3 Å². The smallest absolute Gasteiger partial charge is 0.280 e. The molecule has 0 saturated heterocycles. The van der Waals surface area contributed by atoms with Crippen LogP contribution in [0.1, 0.15) is 12.5 Å². The highest BCUT2D eigenvalue weighted by atomic mass is 35.5. The highest BCUT2D eigenvalue weighted by Crippen LogP contribution is 2.18. The number of halogens is 1. The van der Waals surface area contributed by atoms with Gasteiger partial charge in [0.25, 0.3) is 5.91 Å². The predicted molar refractivity (Wildman–Crippen MR) is 85.4 cm³/mol. The lowest BCUT2D eigenvalue weighted by molar-refractivity contribution is -0.127. The van der Waals surface area contributed by atoms with Crippen molar-refractivity contribution in [2.24, 2.45) is 5.10 Å². The van der Waals surface area contributed by atoms with E-state index in [1.54, 1.807) is 49.4 Å². The van der Waals surface area contributed by atoms with Gasteiger partial charge in [-0.1, -0.05) is 29.8 Å². The Bertz CT molecular complexity index is 689. The van der Waals surface area contributed by atoms with Crippen LogP contribution in [0.3, 0.4) is 0 Å². The summed E-state index contributed by atoms with van der Waals surface area (Å²) in [4.78, 5) is 11.9. The average Bonchev–Trinajstić information content (AvgIpc) is 2.49. The Morgan fingerprint density at radius 2 is 2.09 bits per heavy atom. The maximum absolute atomic E-state index is 11.9. The first kappa shape index (κ1) is 15.9. The summed E-state index contributed by atoms with van der Waals surface area (Å²) in [5, 5.41) is 13.9. The van der Waals surface area contributed by atoms with Crippen molar-refractivity contribution in [1.82, 2.24) is 5.43 Å². The summed E-state index contributed by atoms with van der Waals surface area (Å²) in [7, 11) is 0. The number of benzene rings is 2. The van der Waals surface area contributed by atoms with Crippen molar-refractivity contribution in [2.75, 3.05) is 0 Å². The van der Waals surface area contributed by atoms with E-state index < -0.39 is 12.0 Å². The molecule has 0 aliphatic rings. The Morgan fingerprint density at radius 3 is 2.82 bits per heavy atom. The van der Waals surface area contributed by atoms with Crippen LogP contribution >= 0.6 is 11.6 Å². The van der Waals surface area contributed by atoms with E-state index in [0.29, 0.717) is 16.3 Å². The van der Waals surface area contributed by atoms with Gasteiger partial charge in [-0.2, -0.15) is 5.10 Å². The third-order valence-electron chi connectivity index (χ3n) is 2.79. The van der Waals surface area contributed by atoms with Crippen LogP contribution in [-0.2, 0) is 4.79 Å². The zero-order valence-electron chi connectivity index (χ0n) is 11.9. The van der Waals surface area contributed by atoms with Crippen LogP contribution in [0.2, 0.25) is 5.02 Å². The number of carbonyl (C=O) groups excluding carboxylic acids is 1. The minimum Gasteiger partial charge on any atom is -0.507 e. The molecule has 2 aromatic carbocycles. The van der Waals surface area contributed by atoms with Crippen LogP contribution < -0.4 is 10.2 Å². The summed E-state index contributed by atoms with van der Waals surface area (Å²) in [5.74, 6) is 0.176. The van der Waals surface area contributed by atoms with Gasteiger partial charge in [-0.3, -0.25) is 4.79 Å². The Kier molecular flexibility index (Phi) is 5.38. The average molecular weight is 319 g/mol. The molecule has 2 N–H and O–H groups in total. The number of ether oxygens (including phenoxy) is 1. The van der Waals surface area contributed by atoms with E-state index in [2.05, 4.69) is 10.5 Å².